The van der Waals surface area contributed by atoms with Gasteiger partial charge >= 0.3 is 5.63 Å². The Kier molecular flexibility index (Phi) is 3.49. The van der Waals surface area contributed by atoms with Gasteiger partial charge in [-0.3, -0.25) is 0 Å². The van der Waals surface area contributed by atoms with Crippen molar-refractivity contribution in [3.63, 3.8) is 0 Å². The number of hydrogen-bond donors (Lipinski definition) is 3. The molecule has 1 aromatic carbocycles. The number of rotatable bonds is 2. The van der Waals surface area contributed by atoms with Gasteiger partial charge in [0, 0.05) is 43.3 Å². The predicted octanol–water partition coefficient (Wildman–Crippen LogP) is 1.53. The van der Waals surface area contributed by atoms with Gasteiger partial charge in [-0.15, -0.1) is 0 Å². The van der Waals surface area contributed by atoms with Crippen molar-refractivity contribution in [3.05, 3.63) is 52.8 Å². The summed E-state index contributed by atoms with van der Waals surface area (Å²) >= 11 is 0. The molecule has 1 saturated heterocycles. The standard InChI is InChI=1S/C18H18N6O2/c25-18-13(16-22-14-9-20-10-21-17(14)23-16)7-11-1-2-12(8-15(11)26-18)24-5-3-19-4-6-24/h1-2,7-10,16,19,22H,3-6H2,(H,20,21,23). The molecule has 4 heterocycles. The number of piperazine rings is 1. The van der Waals surface area contributed by atoms with E-state index < -0.39 is 0 Å². The molecule has 26 heavy (non-hydrogen) atoms. The van der Waals surface area contributed by atoms with Crippen LogP contribution in [0, 0.1) is 0 Å². The molecule has 3 aromatic rings. The Hall–Kier alpha value is -3.13. The normalized spacial score (nSPS) is 19.1. The lowest BCUT2D eigenvalue weighted by Crippen LogP contribution is -2.43. The Balaban J connectivity index is 1.49. The first-order chi connectivity index (χ1) is 12.8. The summed E-state index contributed by atoms with van der Waals surface area (Å²) in [5.41, 5.74) is 2.61. The molecule has 0 aliphatic carbocycles. The highest BCUT2D eigenvalue weighted by atomic mass is 16.4. The number of aromatic nitrogens is 2. The third-order valence-electron chi connectivity index (χ3n) is 4.83. The molecule has 8 nitrogen and oxygen atoms in total. The maximum atomic E-state index is 12.6. The fourth-order valence-electron chi connectivity index (χ4n) is 3.47. The molecular weight excluding hydrogens is 332 g/mol. The van der Waals surface area contributed by atoms with Crippen LogP contribution < -0.4 is 26.5 Å². The van der Waals surface area contributed by atoms with Gasteiger partial charge in [0.15, 0.2) is 5.82 Å². The van der Waals surface area contributed by atoms with E-state index in [0.29, 0.717) is 17.0 Å². The van der Waals surface area contributed by atoms with Crippen molar-refractivity contribution in [2.45, 2.75) is 6.17 Å². The Morgan fingerprint density at radius 1 is 1.15 bits per heavy atom. The molecule has 0 radical (unpaired) electrons. The van der Waals surface area contributed by atoms with Crippen LogP contribution in [-0.4, -0.2) is 36.1 Å². The van der Waals surface area contributed by atoms with Gasteiger partial charge in [-0.2, -0.15) is 0 Å². The van der Waals surface area contributed by atoms with Crippen molar-refractivity contribution in [1.82, 2.24) is 15.3 Å². The van der Waals surface area contributed by atoms with Gasteiger partial charge in [-0.05, 0) is 18.2 Å². The topological polar surface area (TPSA) is 95.3 Å². The first-order valence-electron chi connectivity index (χ1n) is 8.64. The molecule has 0 amide bonds. The van der Waals surface area contributed by atoms with Crippen molar-refractivity contribution in [1.29, 1.82) is 0 Å². The van der Waals surface area contributed by atoms with Gasteiger partial charge in [0.2, 0.25) is 0 Å². The fraction of sp³-hybridized carbons (Fsp3) is 0.278. The Morgan fingerprint density at radius 2 is 2.04 bits per heavy atom. The van der Waals surface area contributed by atoms with Crippen LogP contribution in [0.5, 0.6) is 0 Å². The van der Waals surface area contributed by atoms with Gasteiger partial charge in [-0.1, -0.05) is 0 Å². The highest BCUT2D eigenvalue weighted by Crippen LogP contribution is 2.32. The molecule has 0 bridgehead atoms. The SMILES string of the molecule is O=c1oc2cc(N3CCNCC3)ccc2cc1C1Nc2cncnc2N1. The van der Waals surface area contributed by atoms with E-state index in [-0.39, 0.29) is 11.8 Å². The summed E-state index contributed by atoms with van der Waals surface area (Å²) in [4.78, 5) is 23.0. The van der Waals surface area contributed by atoms with Gasteiger partial charge < -0.3 is 25.3 Å². The summed E-state index contributed by atoms with van der Waals surface area (Å²) in [5, 5.41) is 10.6. The first kappa shape index (κ1) is 15.2. The molecule has 132 valence electrons. The average Bonchev–Trinajstić information content (AvgIpc) is 3.11. The number of nitrogens with zero attached hydrogens (tertiary/aromatic N) is 3. The second-order valence-corrected chi connectivity index (χ2v) is 6.46. The van der Waals surface area contributed by atoms with Crippen molar-refractivity contribution < 1.29 is 4.42 Å². The van der Waals surface area contributed by atoms with Crippen LogP contribution in [0.1, 0.15) is 11.7 Å². The molecule has 2 aliphatic heterocycles. The maximum absolute atomic E-state index is 12.6. The van der Waals surface area contributed by atoms with Crippen LogP contribution in [0.25, 0.3) is 11.0 Å². The van der Waals surface area contributed by atoms with Crippen LogP contribution in [0.15, 0.2) is 46.0 Å². The van der Waals surface area contributed by atoms with Gasteiger partial charge in [0.1, 0.15) is 18.1 Å². The van der Waals surface area contributed by atoms with E-state index in [9.17, 15) is 4.79 Å². The monoisotopic (exact) mass is 350 g/mol. The second-order valence-electron chi connectivity index (χ2n) is 6.46. The van der Waals surface area contributed by atoms with Crippen molar-refractivity contribution >= 4 is 28.2 Å². The minimum absolute atomic E-state index is 0.360. The number of fused-ring (bicyclic) bond motifs is 2. The molecule has 2 aliphatic rings. The number of nitrogens with one attached hydrogen (secondary N) is 3. The molecule has 8 heteroatoms. The van der Waals surface area contributed by atoms with E-state index in [1.165, 1.54) is 6.33 Å². The Labute approximate surface area is 149 Å². The van der Waals surface area contributed by atoms with Crippen LogP contribution in [0.2, 0.25) is 0 Å². The smallest absolute Gasteiger partial charge is 0.343 e. The minimum atomic E-state index is -0.379. The largest absolute Gasteiger partial charge is 0.422 e. The minimum Gasteiger partial charge on any atom is -0.422 e. The van der Waals surface area contributed by atoms with Gasteiger partial charge in [-0.25, -0.2) is 14.8 Å². The maximum Gasteiger partial charge on any atom is 0.343 e. The number of anilines is 3. The summed E-state index contributed by atoms with van der Waals surface area (Å²) in [7, 11) is 0. The Bertz CT molecular complexity index is 1000. The summed E-state index contributed by atoms with van der Waals surface area (Å²) in [6.07, 6.45) is 2.77. The lowest BCUT2D eigenvalue weighted by molar-refractivity contribution is 0.546. The molecule has 1 atom stereocenters. The second kappa shape index (κ2) is 5.99. The van der Waals surface area contributed by atoms with Crippen LogP contribution >= 0.6 is 0 Å². The van der Waals surface area contributed by atoms with E-state index in [1.807, 2.05) is 18.2 Å². The van der Waals surface area contributed by atoms with Crippen molar-refractivity contribution in [2.24, 2.45) is 0 Å². The molecule has 2 aromatic heterocycles. The van der Waals surface area contributed by atoms with Gasteiger partial charge in [0.25, 0.3) is 0 Å². The zero-order valence-corrected chi connectivity index (χ0v) is 14.0. The third kappa shape index (κ3) is 2.55. The van der Waals surface area contributed by atoms with E-state index in [0.717, 1.165) is 42.9 Å². The van der Waals surface area contributed by atoms with Crippen molar-refractivity contribution in [3.8, 4) is 0 Å². The molecular formula is C18H18N6O2. The van der Waals surface area contributed by atoms with Gasteiger partial charge in [0.05, 0.1) is 17.4 Å². The highest BCUT2D eigenvalue weighted by molar-refractivity contribution is 5.82. The third-order valence-corrected chi connectivity index (χ3v) is 4.83. The van der Waals surface area contributed by atoms with Crippen LogP contribution in [0.3, 0.4) is 0 Å². The number of benzene rings is 1. The summed E-state index contributed by atoms with van der Waals surface area (Å²) in [6.45, 7) is 3.82. The molecule has 3 N–H and O–H groups in total. The summed E-state index contributed by atoms with van der Waals surface area (Å²) in [5.74, 6) is 0.679. The molecule has 0 saturated carbocycles. The molecule has 5 rings (SSSR count). The fourth-order valence-corrected chi connectivity index (χ4v) is 3.47. The van der Waals surface area contributed by atoms with Crippen molar-refractivity contribution in [2.75, 3.05) is 41.7 Å². The van der Waals surface area contributed by atoms with E-state index in [2.05, 4.69) is 36.9 Å². The predicted molar refractivity (Wildman–Crippen MR) is 99.6 cm³/mol. The highest BCUT2D eigenvalue weighted by Gasteiger charge is 2.25. The van der Waals surface area contributed by atoms with E-state index in [1.54, 1.807) is 6.20 Å². The van der Waals surface area contributed by atoms with Crippen LogP contribution in [0.4, 0.5) is 17.2 Å². The van der Waals surface area contributed by atoms with Crippen LogP contribution in [-0.2, 0) is 0 Å². The first-order valence-corrected chi connectivity index (χ1v) is 8.64. The zero-order valence-electron chi connectivity index (χ0n) is 14.0. The summed E-state index contributed by atoms with van der Waals surface area (Å²) in [6, 6.07) is 7.89. The quantitative estimate of drug-likeness (QED) is 0.599. The molecule has 1 fully saturated rings. The van der Waals surface area contributed by atoms with E-state index in [4.69, 9.17) is 4.42 Å². The van der Waals surface area contributed by atoms with E-state index >= 15 is 0 Å². The summed E-state index contributed by atoms with van der Waals surface area (Å²) < 4.78 is 5.62. The number of hydrogen-bond acceptors (Lipinski definition) is 8. The molecule has 1 unspecified atom stereocenters. The zero-order chi connectivity index (χ0) is 17.5. The molecule has 0 spiro atoms. The average molecular weight is 350 g/mol. The lowest BCUT2D eigenvalue weighted by atomic mass is 10.1. The lowest BCUT2D eigenvalue weighted by Gasteiger charge is -2.29. The Morgan fingerprint density at radius 3 is 2.88 bits per heavy atom.